The molecule has 0 aliphatic heterocycles. The van der Waals surface area contributed by atoms with Crippen LogP contribution in [-0.4, -0.2) is 26.6 Å². The average Bonchev–Trinajstić information content (AvgIpc) is 2.74. The minimum atomic E-state index is -0.956. The lowest BCUT2D eigenvalue weighted by Gasteiger charge is -2.04. The Hall–Kier alpha value is -1.75. The maximum atomic E-state index is 11.3. The van der Waals surface area contributed by atoms with Gasteiger partial charge < -0.3 is 5.11 Å². The van der Waals surface area contributed by atoms with Gasteiger partial charge in [0.25, 0.3) is 0 Å². The third kappa shape index (κ3) is 2.34. The van der Waals surface area contributed by atoms with E-state index < -0.39 is 5.97 Å². The molecule has 0 unspecified atom stereocenters. The first-order valence-electron chi connectivity index (χ1n) is 5.23. The minimum Gasteiger partial charge on any atom is -0.476 e. The van der Waals surface area contributed by atoms with Crippen LogP contribution < -0.4 is 0 Å². The van der Waals surface area contributed by atoms with Crippen molar-refractivity contribution in [1.29, 1.82) is 0 Å². The van der Waals surface area contributed by atoms with Crippen molar-refractivity contribution in [1.82, 2.24) is 9.78 Å². The molecule has 0 aliphatic rings. The van der Waals surface area contributed by atoms with Crippen LogP contribution in [0.15, 0.2) is 41.4 Å². The van der Waals surface area contributed by atoms with Gasteiger partial charge in [-0.05, 0) is 17.9 Å². The first kappa shape index (κ1) is 11.7. The minimum absolute atomic E-state index is 0.225. The lowest BCUT2D eigenvalue weighted by atomic mass is 10.3. The van der Waals surface area contributed by atoms with Crippen molar-refractivity contribution in [2.45, 2.75) is 11.8 Å². The molecule has 1 aromatic carbocycles. The summed E-state index contributed by atoms with van der Waals surface area (Å²) in [5, 5.41) is 13.4. The van der Waals surface area contributed by atoms with Crippen LogP contribution in [-0.2, 0) is 0 Å². The summed E-state index contributed by atoms with van der Waals surface area (Å²) in [5.41, 5.74) is 0.982. The molecule has 1 aromatic heterocycles. The van der Waals surface area contributed by atoms with Crippen LogP contribution in [0.2, 0.25) is 0 Å². The molecule has 0 radical (unpaired) electrons. The summed E-state index contributed by atoms with van der Waals surface area (Å²) in [6.07, 6.45) is 1.60. The maximum absolute atomic E-state index is 11.3. The Morgan fingerprint density at radius 3 is 2.71 bits per heavy atom. The van der Waals surface area contributed by atoms with Gasteiger partial charge in [0.05, 0.1) is 16.8 Å². The van der Waals surface area contributed by atoms with Crippen LogP contribution in [0.4, 0.5) is 0 Å². The number of nitrogens with zero attached hydrogens (tertiary/aromatic N) is 2. The Balaban J connectivity index is 2.52. The van der Waals surface area contributed by atoms with Gasteiger partial charge >= 0.3 is 5.97 Å². The molecule has 1 N–H and O–H groups in total. The maximum Gasteiger partial charge on any atom is 0.355 e. The van der Waals surface area contributed by atoms with E-state index >= 15 is 0 Å². The van der Waals surface area contributed by atoms with E-state index in [1.165, 1.54) is 16.4 Å². The second kappa shape index (κ2) is 5.05. The molecule has 88 valence electrons. The summed E-state index contributed by atoms with van der Waals surface area (Å²) in [6, 6.07) is 9.26. The van der Waals surface area contributed by atoms with Crippen molar-refractivity contribution in [3.8, 4) is 5.69 Å². The number of carboxylic acids is 1. The summed E-state index contributed by atoms with van der Waals surface area (Å²) in [7, 11) is 0. The van der Waals surface area contributed by atoms with Gasteiger partial charge in [0.1, 0.15) is 0 Å². The van der Waals surface area contributed by atoms with Crippen LogP contribution in [0.3, 0.4) is 0 Å². The molecule has 0 amide bonds. The number of aromatic nitrogens is 2. The van der Waals surface area contributed by atoms with Gasteiger partial charge in [-0.3, -0.25) is 0 Å². The van der Waals surface area contributed by atoms with E-state index in [1.807, 2.05) is 37.3 Å². The topological polar surface area (TPSA) is 55.1 Å². The van der Waals surface area contributed by atoms with Crippen LogP contribution in [0.5, 0.6) is 0 Å². The van der Waals surface area contributed by atoms with Crippen LogP contribution in [0.1, 0.15) is 17.4 Å². The fourth-order valence-electron chi connectivity index (χ4n) is 1.56. The zero-order valence-electron chi connectivity index (χ0n) is 9.33. The monoisotopic (exact) mass is 248 g/mol. The standard InChI is InChI=1S/C12H12N2O2S/c1-2-17-10-8-13-14(11(10)12(15)16)9-6-4-3-5-7-9/h3-8H,2H2,1H3,(H,15,16). The molecule has 5 heteroatoms. The molecule has 0 aliphatic carbocycles. The average molecular weight is 248 g/mol. The quantitative estimate of drug-likeness (QED) is 0.845. The van der Waals surface area contributed by atoms with E-state index in [-0.39, 0.29) is 5.69 Å². The Bertz CT molecular complexity index is 523. The SMILES string of the molecule is CCSc1cnn(-c2ccccc2)c1C(=O)O. The molecule has 0 saturated heterocycles. The van der Waals surface area contributed by atoms with E-state index in [0.717, 1.165) is 11.4 Å². The fourth-order valence-corrected chi connectivity index (χ4v) is 2.30. The Labute approximate surface area is 103 Å². The fraction of sp³-hybridized carbons (Fsp3) is 0.167. The van der Waals surface area contributed by atoms with Crippen LogP contribution in [0, 0.1) is 0 Å². The lowest BCUT2D eigenvalue weighted by Crippen LogP contribution is -2.08. The molecule has 0 spiro atoms. The van der Waals surface area contributed by atoms with Gasteiger partial charge in [0.15, 0.2) is 5.69 Å². The van der Waals surface area contributed by atoms with Crippen molar-refractivity contribution in [2.24, 2.45) is 0 Å². The number of hydrogen-bond acceptors (Lipinski definition) is 3. The van der Waals surface area contributed by atoms with Crippen LogP contribution in [0.25, 0.3) is 5.69 Å². The second-order valence-corrected chi connectivity index (χ2v) is 4.65. The van der Waals surface area contributed by atoms with E-state index in [4.69, 9.17) is 0 Å². The molecule has 2 aromatic rings. The van der Waals surface area contributed by atoms with Gasteiger partial charge in [-0.1, -0.05) is 25.1 Å². The molecular formula is C12H12N2O2S. The van der Waals surface area contributed by atoms with E-state index in [9.17, 15) is 9.90 Å². The number of carboxylic acid groups (broad SMARTS) is 1. The largest absolute Gasteiger partial charge is 0.476 e. The molecular weight excluding hydrogens is 236 g/mol. The lowest BCUT2D eigenvalue weighted by molar-refractivity contribution is 0.0683. The summed E-state index contributed by atoms with van der Waals surface area (Å²) >= 11 is 1.48. The van der Waals surface area contributed by atoms with Crippen molar-refractivity contribution >= 4 is 17.7 Å². The molecule has 0 atom stereocenters. The van der Waals surface area contributed by atoms with Gasteiger partial charge in [-0.25, -0.2) is 9.48 Å². The number of rotatable bonds is 4. The number of benzene rings is 1. The Morgan fingerprint density at radius 2 is 2.12 bits per heavy atom. The number of aromatic carboxylic acids is 1. The van der Waals surface area contributed by atoms with Gasteiger partial charge in [0, 0.05) is 0 Å². The summed E-state index contributed by atoms with van der Waals surface area (Å²) < 4.78 is 1.46. The van der Waals surface area contributed by atoms with E-state index in [1.54, 1.807) is 6.20 Å². The highest BCUT2D eigenvalue weighted by Crippen LogP contribution is 2.24. The highest BCUT2D eigenvalue weighted by molar-refractivity contribution is 7.99. The smallest absolute Gasteiger partial charge is 0.355 e. The molecule has 2 rings (SSSR count). The molecule has 0 bridgehead atoms. The summed E-state index contributed by atoms with van der Waals surface area (Å²) in [4.78, 5) is 12.0. The van der Waals surface area contributed by atoms with Gasteiger partial charge in [-0.15, -0.1) is 11.8 Å². The first-order chi connectivity index (χ1) is 8.24. The summed E-state index contributed by atoms with van der Waals surface area (Å²) in [6.45, 7) is 1.98. The zero-order chi connectivity index (χ0) is 12.3. The Kier molecular flexibility index (Phi) is 3.49. The highest BCUT2D eigenvalue weighted by atomic mass is 32.2. The van der Waals surface area contributed by atoms with E-state index in [2.05, 4.69) is 5.10 Å². The van der Waals surface area contributed by atoms with Crippen molar-refractivity contribution in [2.75, 3.05) is 5.75 Å². The number of hydrogen-bond donors (Lipinski definition) is 1. The van der Waals surface area contributed by atoms with E-state index in [0.29, 0.717) is 4.90 Å². The predicted octanol–water partition coefficient (Wildman–Crippen LogP) is 2.68. The van der Waals surface area contributed by atoms with Crippen molar-refractivity contribution in [3.05, 3.63) is 42.2 Å². The third-order valence-electron chi connectivity index (χ3n) is 2.24. The van der Waals surface area contributed by atoms with Crippen molar-refractivity contribution < 1.29 is 9.90 Å². The number of carbonyl (C=O) groups is 1. The molecule has 0 fully saturated rings. The Morgan fingerprint density at radius 1 is 1.41 bits per heavy atom. The number of thioether (sulfide) groups is 1. The highest BCUT2D eigenvalue weighted by Gasteiger charge is 2.18. The third-order valence-corrected chi connectivity index (χ3v) is 3.14. The molecule has 1 heterocycles. The molecule has 0 saturated carbocycles. The zero-order valence-corrected chi connectivity index (χ0v) is 10.1. The molecule has 17 heavy (non-hydrogen) atoms. The molecule has 4 nitrogen and oxygen atoms in total. The van der Waals surface area contributed by atoms with Crippen molar-refractivity contribution in [3.63, 3.8) is 0 Å². The summed E-state index contributed by atoms with van der Waals surface area (Å²) in [5.74, 6) is -0.136. The predicted molar refractivity (Wildman–Crippen MR) is 66.9 cm³/mol. The number of para-hydroxylation sites is 1. The van der Waals surface area contributed by atoms with Gasteiger partial charge in [0.2, 0.25) is 0 Å². The second-order valence-electron chi connectivity index (χ2n) is 3.34. The van der Waals surface area contributed by atoms with Crippen LogP contribution >= 0.6 is 11.8 Å². The van der Waals surface area contributed by atoms with Gasteiger partial charge in [-0.2, -0.15) is 5.10 Å². The normalized spacial score (nSPS) is 10.4. The first-order valence-corrected chi connectivity index (χ1v) is 6.22.